The van der Waals surface area contributed by atoms with Crippen molar-refractivity contribution in [2.24, 2.45) is 5.73 Å². The number of hydrogen-bond donors (Lipinski definition) is 3. The van der Waals surface area contributed by atoms with E-state index in [9.17, 15) is 9.59 Å². The number of amides is 2. The average molecular weight is 465 g/mol. The standard InChI is InChI=1S/C24H28N6O2S/c1-16-6-4-8-17(14-16)23-27-28-24(33)30(23)13-11-21(31)26-19-9-3-2-7-18(19)15-29-12-5-10-20(29)22(25)32/h2-4,6-9,14,20H,5,10-13,15H2,1H3,(H2,25,32)(H,26,31)(H,28,33). The molecule has 1 aliphatic heterocycles. The second-order valence-corrected chi connectivity index (χ2v) is 8.75. The Morgan fingerprint density at radius 1 is 1.24 bits per heavy atom. The molecule has 0 radical (unpaired) electrons. The molecule has 8 nitrogen and oxygen atoms in total. The van der Waals surface area contributed by atoms with Crippen LogP contribution in [0.5, 0.6) is 0 Å². The maximum absolute atomic E-state index is 12.8. The Bertz CT molecular complexity index is 1220. The second kappa shape index (κ2) is 10.1. The third-order valence-corrected chi connectivity index (χ3v) is 6.27. The number of anilines is 1. The molecule has 4 rings (SSSR count). The first kappa shape index (κ1) is 22.9. The van der Waals surface area contributed by atoms with Gasteiger partial charge in [-0.15, -0.1) is 0 Å². The highest BCUT2D eigenvalue weighted by Gasteiger charge is 2.29. The summed E-state index contributed by atoms with van der Waals surface area (Å²) >= 11 is 5.39. The van der Waals surface area contributed by atoms with Crippen LogP contribution in [0.2, 0.25) is 0 Å². The number of carbonyl (C=O) groups excluding carboxylic acids is 2. The van der Waals surface area contributed by atoms with E-state index in [1.165, 1.54) is 0 Å². The lowest BCUT2D eigenvalue weighted by Gasteiger charge is -2.23. The molecule has 1 aliphatic rings. The van der Waals surface area contributed by atoms with Gasteiger partial charge in [-0.1, -0.05) is 42.0 Å². The van der Waals surface area contributed by atoms with Gasteiger partial charge in [0.1, 0.15) is 0 Å². The molecule has 2 amide bonds. The zero-order chi connectivity index (χ0) is 23.4. The van der Waals surface area contributed by atoms with E-state index in [0.29, 0.717) is 23.7 Å². The summed E-state index contributed by atoms with van der Waals surface area (Å²) in [7, 11) is 0. The lowest BCUT2D eigenvalue weighted by Crippen LogP contribution is -2.39. The highest BCUT2D eigenvalue weighted by molar-refractivity contribution is 7.71. The summed E-state index contributed by atoms with van der Waals surface area (Å²) in [6.07, 6.45) is 1.96. The van der Waals surface area contributed by atoms with E-state index in [1.54, 1.807) is 0 Å². The molecule has 0 bridgehead atoms. The Kier molecular flexibility index (Phi) is 7.00. The summed E-state index contributed by atoms with van der Waals surface area (Å²) in [5, 5.41) is 10.2. The SMILES string of the molecule is Cc1cccc(-c2n[nH]c(=S)n2CCC(=O)Nc2ccccc2CN2CCCC2C(N)=O)c1. The molecule has 1 atom stereocenters. The van der Waals surface area contributed by atoms with Crippen LogP contribution in [0.15, 0.2) is 48.5 Å². The molecule has 2 heterocycles. The van der Waals surface area contributed by atoms with Gasteiger partial charge < -0.3 is 11.1 Å². The number of benzene rings is 2. The third-order valence-electron chi connectivity index (χ3n) is 5.95. The Hall–Kier alpha value is -3.30. The summed E-state index contributed by atoms with van der Waals surface area (Å²) in [5.41, 5.74) is 9.32. The smallest absolute Gasteiger partial charge is 0.234 e. The van der Waals surface area contributed by atoms with E-state index in [2.05, 4.69) is 20.4 Å². The zero-order valence-corrected chi connectivity index (χ0v) is 19.4. The van der Waals surface area contributed by atoms with Gasteiger partial charge in [0.05, 0.1) is 6.04 Å². The fourth-order valence-corrected chi connectivity index (χ4v) is 4.52. The number of primary amides is 1. The van der Waals surface area contributed by atoms with Crippen LogP contribution < -0.4 is 11.1 Å². The van der Waals surface area contributed by atoms with Gasteiger partial charge in [0.2, 0.25) is 11.8 Å². The normalized spacial score (nSPS) is 16.1. The van der Waals surface area contributed by atoms with Gasteiger partial charge in [-0.3, -0.25) is 24.2 Å². The molecule has 2 aromatic carbocycles. The number of carbonyl (C=O) groups is 2. The van der Waals surface area contributed by atoms with E-state index >= 15 is 0 Å². The molecule has 0 aliphatic carbocycles. The van der Waals surface area contributed by atoms with Crippen molar-refractivity contribution in [3.8, 4) is 11.4 Å². The van der Waals surface area contributed by atoms with Crippen molar-refractivity contribution >= 4 is 29.7 Å². The maximum atomic E-state index is 12.8. The Labute approximate surface area is 197 Å². The van der Waals surface area contributed by atoms with Gasteiger partial charge in [-0.25, -0.2) is 0 Å². The Morgan fingerprint density at radius 2 is 2.06 bits per heavy atom. The summed E-state index contributed by atoms with van der Waals surface area (Å²) < 4.78 is 2.32. The van der Waals surface area contributed by atoms with Crippen molar-refractivity contribution in [1.29, 1.82) is 0 Å². The van der Waals surface area contributed by atoms with Crippen LogP contribution in [0, 0.1) is 11.7 Å². The van der Waals surface area contributed by atoms with Crippen molar-refractivity contribution in [2.75, 3.05) is 11.9 Å². The van der Waals surface area contributed by atoms with Crippen molar-refractivity contribution < 1.29 is 9.59 Å². The molecule has 0 spiro atoms. The number of H-pyrrole nitrogens is 1. The number of rotatable bonds is 8. The van der Waals surface area contributed by atoms with Crippen LogP contribution in [0.3, 0.4) is 0 Å². The summed E-state index contributed by atoms with van der Waals surface area (Å²) in [4.78, 5) is 26.6. The van der Waals surface area contributed by atoms with Crippen molar-refractivity contribution in [2.45, 2.75) is 45.3 Å². The molecule has 33 heavy (non-hydrogen) atoms. The van der Waals surface area contributed by atoms with Gasteiger partial charge in [0.25, 0.3) is 0 Å². The maximum Gasteiger partial charge on any atom is 0.234 e. The van der Waals surface area contributed by atoms with E-state index in [4.69, 9.17) is 18.0 Å². The van der Waals surface area contributed by atoms with Crippen LogP contribution in [-0.2, 0) is 22.7 Å². The molecule has 4 N–H and O–H groups in total. The molecule has 1 fully saturated rings. The molecule has 0 saturated carbocycles. The largest absolute Gasteiger partial charge is 0.368 e. The highest BCUT2D eigenvalue weighted by Crippen LogP contribution is 2.24. The average Bonchev–Trinajstić information content (AvgIpc) is 3.40. The summed E-state index contributed by atoms with van der Waals surface area (Å²) in [6, 6.07) is 15.4. The number of nitrogens with two attached hydrogens (primary N) is 1. The zero-order valence-electron chi connectivity index (χ0n) is 18.6. The molecular formula is C24H28N6O2S. The minimum Gasteiger partial charge on any atom is -0.368 e. The van der Waals surface area contributed by atoms with E-state index < -0.39 is 0 Å². The Balaban J connectivity index is 1.43. The van der Waals surface area contributed by atoms with E-state index in [1.807, 2.05) is 60.0 Å². The van der Waals surface area contributed by atoms with Crippen LogP contribution in [0.4, 0.5) is 5.69 Å². The number of nitrogens with one attached hydrogen (secondary N) is 2. The second-order valence-electron chi connectivity index (χ2n) is 8.36. The number of likely N-dealkylation sites (tertiary alicyclic amines) is 1. The molecule has 3 aromatic rings. The van der Waals surface area contributed by atoms with Crippen molar-refractivity contribution in [3.63, 3.8) is 0 Å². The van der Waals surface area contributed by atoms with E-state index in [-0.39, 0.29) is 24.3 Å². The lowest BCUT2D eigenvalue weighted by molar-refractivity contribution is -0.122. The Morgan fingerprint density at radius 3 is 2.85 bits per heavy atom. The fraction of sp³-hybridized carbons (Fsp3) is 0.333. The van der Waals surface area contributed by atoms with Crippen molar-refractivity contribution in [1.82, 2.24) is 19.7 Å². The summed E-state index contributed by atoms with van der Waals surface area (Å²) in [5.74, 6) is 0.298. The quantitative estimate of drug-likeness (QED) is 0.443. The number of aryl methyl sites for hydroxylation is 1. The number of nitrogens with zero attached hydrogens (tertiary/aromatic N) is 3. The third kappa shape index (κ3) is 5.37. The molecule has 1 saturated heterocycles. The van der Waals surface area contributed by atoms with Crippen LogP contribution in [0.1, 0.15) is 30.4 Å². The van der Waals surface area contributed by atoms with Gasteiger partial charge in [-0.05, 0) is 56.2 Å². The predicted molar refractivity (Wildman–Crippen MR) is 130 cm³/mol. The number of hydrogen-bond acceptors (Lipinski definition) is 5. The predicted octanol–water partition coefficient (Wildman–Crippen LogP) is 3.39. The molecule has 1 aromatic heterocycles. The van der Waals surface area contributed by atoms with Gasteiger partial charge in [0.15, 0.2) is 10.6 Å². The van der Waals surface area contributed by atoms with Gasteiger partial charge in [0, 0.05) is 30.8 Å². The van der Waals surface area contributed by atoms with Crippen LogP contribution in [-0.4, -0.2) is 44.1 Å². The van der Waals surface area contributed by atoms with Gasteiger partial charge >= 0.3 is 0 Å². The monoisotopic (exact) mass is 464 g/mol. The lowest BCUT2D eigenvalue weighted by atomic mass is 10.1. The highest BCUT2D eigenvalue weighted by atomic mass is 32.1. The molecule has 172 valence electrons. The first-order chi connectivity index (χ1) is 15.9. The summed E-state index contributed by atoms with van der Waals surface area (Å²) in [6.45, 7) is 3.81. The molecule has 1 unspecified atom stereocenters. The fourth-order valence-electron chi connectivity index (χ4n) is 4.29. The minimum atomic E-state index is -0.296. The van der Waals surface area contributed by atoms with Crippen molar-refractivity contribution in [3.05, 3.63) is 64.4 Å². The molecule has 9 heteroatoms. The molecular weight excluding hydrogens is 436 g/mol. The topological polar surface area (TPSA) is 109 Å². The first-order valence-electron chi connectivity index (χ1n) is 11.1. The van der Waals surface area contributed by atoms with E-state index in [0.717, 1.165) is 41.8 Å². The minimum absolute atomic E-state index is 0.117. The first-order valence-corrected chi connectivity index (χ1v) is 11.5. The van der Waals surface area contributed by atoms with Crippen LogP contribution in [0.25, 0.3) is 11.4 Å². The number of aromatic nitrogens is 3. The number of para-hydroxylation sites is 1. The van der Waals surface area contributed by atoms with Gasteiger partial charge in [-0.2, -0.15) is 5.10 Å². The van der Waals surface area contributed by atoms with Crippen LogP contribution >= 0.6 is 12.2 Å². The number of aromatic amines is 1.